The number of hydrogen-bond acceptors (Lipinski definition) is 4. The first-order valence-corrected chi connectivity index (χ1v) is 11.5. The van der Waals surface area contributed by atoms with Crippen molar-refractivity contribution < 1.29 is 9.59 Å². The Kier molecular flexibility index (Phi) is 6.23. The number of carbonyl (C=O) groups excluding carboxylic acids is 2. The molecule has 2 amide bonds. The van der Waals surface area contributed by atoms with Gasteiger partial charge in [-0.3, -0.25) is 9.59 Å². The normalized spacial score (nSPS) is 13.7. The van der Waals surface area contributed by atoms with Crippen LogP contribution in [0, 0.1) is 0 Å². The van der Waals surface area contributed by atoms with Crippen LogP contribution in [0.3, 0.4) is 0 Å². The van der Waals surface area contributed by atoms with Gasteiger partial charge in [0.2, 0.25) is 5.91 Å². The summed E-state index contributed by atoms with van der Waals surface area (Å²) >= 11 is 9.75. The maximum Gasteiger partial charge on any atom is 0.256 e. The van der Waals surface area contributed by atoms with Crippen LogP contribution in [-0.4, -0.2) is 18.4 Å². The molecule has 148 valence electrons. The number of anilines is 2. The van der Waals surface area contributed by atoms with Crippen LogP contribution in [0.2, 0.25) is 5.02 Å². The van der Waals surface area contributed by atoms with E-state index in [1.807, 2.05) is 30.3 Å². The van der Waals surface area contributed by atoms with Crippen LogP contribution in [0.25, 0.3) is 0 Å². The zero-order chi connectivity index (χ0) is 20.2. The summed E-state index contributed by atoms with van der Waals surface area (Å²) in [5.41, 5.74) is 1.93. The molecule has 0 radical (unpaired) electrons. The van der Waals surface area contributed by atoms with Crippen molar-refractivity contribution in [3.05, 3.63) is 75.4 Å². The average molecular weight is 443 g/mol. The molecule has 0 aliphatic carbocycles. The molecule has 2 aromatic carbocycles. The third kappa shape index (κ3) is 4.66. The molecule has 0 spiro atoms. The van der Waals surface area contributed by atoms with E-state index < -0.39 is 0 Å². The zero-order valence-corrected chi connectivity index (χ0v) is 17.9. The van der Waals surface area contributed by atoms with Crippen LogP contribution in [0.4, 0.5) is 11.4 Å². The summed E-state index contributed by atoms with van der Waals surface area (Å²) in [6.45, 7) is 0.680. The summed E-state index contributed by atoms with van der Waals surface area (Å²) in [5, 5.41) is 5.43. The van der Waals surface area contributed by atoms with Gasteiger partial charge in [-0.1, -0.05) is 29.8 Å². The van der Waals surface area contributed by atoms with Crippen LogP contribution < -0.4 is 10.2 Å². The molecule has 1 N–H and O–H groups in total. The van der Waals surface area contributed by atoms with Crippen LogP contribution >= 0.6 is 34.7 Å². The molecule has 0 saturated carbocycles. The van der Waals surface area contributed by atoms with Crippen molar-refractivity contribution in [2.45, 2.75) is 23.5 Å². The van der Waals surface area contributed by atoms with Crippen molar-refractivity contribution in [3.63, 3.8) is 0 Å². The fourth-order valence-electron chi connectivity index (χ4n) is 3.23. The second kappa shape index (κ2) is 9.03. The predicted molar refractivity (Wildman–Crippen MR) is 121 cm³/mol. The number of nitrogens with one attached hydrogen (secondary N) is 1. The molecule has 7 heteroatoms. The molecule has 1 aromatic heterocycles. The van der Waals surface area contributed by atoms with Crippen LogP contribution in [0.5, 0.6) is 0 Å². The lowest BCUT2D eigenvalue weighted by atomic mass is 10.2. The Morgan fingerprint density at radius 1 is 1.17 bits per heavy atom. The van der Waals surface area contributed by atoms with E-state index in [4.69, 9.17) is 11.6 Å². The molecule has 4 nitrogen and oxygen atoms in total. The van der Waals surface area contributed by atoms with Gasteiger partial charge in [0.25, 0.3) is 5.91 Å². The Morgan fingerprint density at radius 3 is 2.76 bits per heavy atom. The third-order valence-electron chi connectivity index (χ3n) is 4.65. The van der Waals surface area contributed by atoms with E-state index >= 15 is 0 Å². The average Bonchev–Trinajstić information content (AvgIpc) is 3.38. The standard InChI is InChI=1S/C22H19ClN2O2S2/c23-18-13-15(9-10-19(18)25-11-3-8-21(25)26)24-22(27)17-6-1-2-7-20(17)29-14-16-5-4-12-28-16/h1-2,4-7,9-10,12-13H,3,8,11,14H2,(H,24,27). The number of thiophene rings is 1. The Balaban J connectivity index is 1.48. The third-order valence-corrected chi connectivity index (χ3v) is 7.14. The minimum Gasteiger partial charge on any atom is -0.322 e. The second-order valence-electron chi connectivity index (χ2n) is 6.63. The van der Waals surface area contributed by atoms with E-state index in [2.05, 4.69) is 16.8 Å². The van der Waals surface area contributed by atoms with E-state index in [-0.39, 0.29) is 11.8 Å². The lowest BCUT2D eigenvalue weighted by Crippen LogP contribution is -2.24. The molecule has 1 saturated heterocycles. The van der Waals surface area contributed by atoms with Gasteiger partial charge in [0.05, 0.1) is 16.3 Å². The van der Waals surface area contributed by atoms with Crippen molar-refractivity contribution in [2.24, 2.45) is 0 Å². The largest absolute Gasteiger partial charge is 0.322 e. The summed E-state index contributed by atoms with van der Waals surface area (Å²) < 4.78 is 0. The summed E-state index contributed by atoms with van der Waals surface area (Å²) in [4.78, 5) is 28.7. The van der Waals surface area contributed by atoms with Gasteiger partial charge in [-0.05, 0) is 48.2 Å². The molecule has 3 aromatic rings. The number of carbonyl (C=O) groups is 2. The fourth-order valence-corrected chi connectivity index (χ4v) is 5.33. The van der Waals surface area contributed by atoms with Gasteiger partial charge in [-0.15, -0.1) is 23.1 Å². The molecule has 1 fully saturated rings. The van der Waals surface area contributed by atoms with Gasteiger partial charge < -0.3 is 10.2 Å². The molecule has 1 aliphatic rings. The smallest absolute Gasteiger partial charge is 0.256 e. The number of amides is 2. The topological polar surface area (TPSA) is 49.4 Å². The van der Waals surface area contributed by atoms with Gasteiger partial charge in [0.1, 0.15) is 0 Å². The van der Waals surface area contributed by atoms with E-state index in [0.717, 1.165) is 17.1 Å². The Hall–Kier alpha value is -2.28. The second-order valence-corrected chi connectivity index (χ2v) is 9.09. The number of benzene rings is 2. The summed E-state index contributed by atoms with van der Waals surface area (Å²) in [5.74, 6) is 0.729. The minimum absolute atomic E-state index is 0.0837. The van der Waals surface area contributed by atoms with Crippen molar-refractivity contribution in [1.82, 2.24) is 0 Å². The molecule has 29 heavy (non-hydrogen) atoms. The molecule has 4 rings (SSSR count). The lowest BCUT2D eigenvalue weighted by molar-refractivity contribution is -0.117. The van der Waals surface area contributed by atoms with E-state index in [9.17, 15) is 9.59 Å². The van der Waals surface area contributed by atoms with Crippen molar-refractivity contribution >= 4 is 57.9 Å². The van der Waals surface area contributed by atoms with E-state index in [1.54, 1.807) is 46.2 Å². The van der Waals surface area contributed by atoms with Crippen LogP contribution in [0.1, 0.15) is 28.1 Å². The molecule has 0 atom stereocenters. The highest BCUT2D eigenvalue weighted by atomic mass is 35.5. The van der Waals surface area contributed by atoms with Crippen molar-refractivity contribution in [2.75, 3.05) is 16.8 Å². The van der Waals surface area contributed by atoms with Gasteiger partial charge in [0.15, 0.2) is 0 Å². The van der Waals surface area contributed by atoms with E-state index in [1.165, 1.54) is 4.88 Å². The highest BCUT2D eigenvalue weighted by Crippen LogP contribution is 2.33. The number of nitrogens with zero attached hydrogens (tertiary/aromatic N) is 1. The molecular weight excluding hydrogens is 424 g/mol. The monoisotopic (exact) mass is 442 g/mol. The SMILES string of the molecule is O=C(Nc1ccc(N2CCCC2=O)c(Cl)c1)c1ccccc1SCc1cccs1. The lowest BCUT2D eigenvalue weighted by Gasteiger charge is -2.18. The van der Waals surface area contributed by atoms with E-state index in [0.29, 0.717) is 34.9 Å². The van der Waals surface area contributed by atoms with Gasteiger partial charge in [0, 0.05) is 34.2 Å². The first-order valence-electron chi connectivity index (χ1n) is 9.27. The van der Waals surface area contributed by atoms with Crippen molar-refractivity contribution in [1.29, 1.82) is 0 Å². The zero-order valence-electron chi connectivity index (χ0n) is 15.6. The highest BCUT2D eigenvalue weighted by Gasteiger charge is 2.23. The highest BCUT2D eigenvalue weighted by molar-refractivity contribution is 7.98. The minimum atomic E-state index is -0.180. The summed E-state index contributed by atoms with van der Waals surface area (Å²) in [7, 11) is 0. The quantitative estimate of drug-likeness (QED) is 0.471. The number of halogens is 1. The fraction of sp³-hybridized carbons (Fsp3) is 0.182. The summed E-state index contributed by atoms with van der Waals surface area (Å²) in [6, 6.07) is 17.0. The number of hydrogen-bond donors (Lipinski definition) is 1. The molecule has 1 aliphatic heterocycles. The number of rotatable bonds is 6. The van der Waals surface area contributed by atoms with Crippen LogP contribution in [0.15, 0.2) is 64.9 Å². The Labute approximate surface area is 182 Å². The van der Waals surface area contributed by atoms with Gasteiger partial charge >= 0.3 is 0 Å². The first-order chi connectivity index (χ1) is 14.1. The van der Waals surface area contributed by atoms with Crippen LogP contribution in [-0.2, 0) is 10.5 Å². The maximum absolute atomic E-state index is 12.9. The molecule has 0 bridgehead atoms. The first kappa shape index (κ1) is 20.0. The summed E-state index contributed by atoms with van der Waals surface area (Å²) in [6.07, 6.45) is 1.39. The number of thioether (sulfide) groups is 1. The molecular formula is C22H19ClN2O2S2. The Morgan fingerprint density at radius 2 is 2.03 bits per heavy atom. The molecule has 0 unspecified atom stereocenters. The Bertz CT molecular complexity index is 1040. The predicted octanol–water partition coefficient (Wildman–Crippen LogP) is 6.07. The van der Waals surface area contributed by atoms with Gasteiger partial charge in [-0.2, -0.15) is 0 Å². The maximum atomic E-state index is 12.9. The van der Waals surface area contributed by atoms with Gasteiger partial charge in [-0.25, -0.2) is 0 Å². The molecule has 2 heterocycles. The van der Waals surface area contributed by atoms with Crippen molar-refractivity contribution in [3.8, 4) is 0 Å².